The van der Waals surface area contributed by atoms with E-state index >= 15 is 0 Å². The number of nitrogen functional groups attached to an aromatic ring is 1. The second-order valence-electron chi connectivity index (χ2n) is 6.95. The molecule has 0 atom stereocenters. The number of fused-ring (bicyclic) bond motifs is 1. The average Bonchev–Trinajstić information content (AvgIpc) is 3.10. The van der Waals surface area contributed by atoms with Crippen LogP contribution in [0.4, 0.5) is 10.2 Å². The fourth-order valence-electron chi connectivity index (χ4n) is 3.60. The van der Waals surface area contributed by atoms with Crippen molar-refractivity contribution in [3.63, 3.8) is 0 Å². The Bertz CT molecular complexity index is 1400. The van der Waals surface area contributed by atoms with E-state index in [1.165, 1.54) is 18.2 Å². The van der Waals surface area contributed by atoms with Crippen LogP contribution >= 0.6 is 0 Å². The van der Waals surface area contributed by atoms with Gasteiger partial charge in [-0.3, -0.25) is 4.79 Å². The van der Waals surface area contributed by atoms with Gasteiger partial charge >= 0.3 is 11.9 Å². The molecule has 0 aliphatic heterocycles. The van der Waals surface area contributed by atoms with Crippen molar-refractivity contribution >= 4 is 28.7 Å². The largest absolute Gasteiger partial charge is 0.478 e. The van der Waals surface area contributed by atoms with Crippen molar-refractivity contribution in [2.75, 3.05) is 5.73 Å². The molecule has 4 rings (SSSR count). The minimum Gasteiger partial charge on any atom is -0.478 e. The molecule has 0 fully saturated rings. The molecule has 4 aromatic rings. The maximum atomic E-state index is 13.2. The third kappa shape index (κ3) is 3.52. The first kappa shape index (κ1) is 19.9. The summed E-state index contributed by atoms with van der Waals surface area (Å²) in [5, 5.41) is 20.0. The predicted molar refractivity (Wildman–Crippen MR) is 112 cm³/mol. The number of anilines is 1. The van der Waals surface area contributed by atoms with Crippen molar-refractivity contribution < 1.29 is 24.2 Å². The summed E-state index contributed by atoms with van der Waals surface area (Å²) in [5.41, 5.74) is 4.97. The Hall–Kier alpha value is -4.40. The second-order valence-corrected chi connectivity index (χ2v) is 6.95. The summed E-state index contributed by atoms with van der Waals surface area (Å²) in [4.78, 5) is 37.9. The molecule has 0 bridgehead atoms. The average molecular weight is 421 g/mol. The molecule has 2 aromatic heterocycles. The fraction of sp³-hybridized carbons (Fsp3) is 0.0455. The lowest BCUT2D eigenvalue weighted by Crippen LogP contribution is -2.24. The van der Waals surface area contributed by atoms with E-state index in [1.54, 1.807) is 30.5 Å². The Labute approximate surface area is 174 Å². The van der Waals surface area contributed by atoms with E-state index in [1.807, 2.05) is 10.6 Å². The maximum Gasteiger partial charge on any atom is 0.342 e. The van der Waals surface area contributed by atoms with Gasteiger partial charge < -0.3 is 25.5 Å². The van der Waals surface area contributed by atoms with Crippen LogP contribution in [-0.2, 0) is 6.54 Å². The minimum absolute atomic E-state index is 0.221. The quantitative estimate of drug-likeness (QED) is 0.390. The standard InChI is InChI=1S/C22H16FN3O5/c23-14-5-1-11(2-6-14)10-26-8-7-12-3-4-13(9-15(12)26)16-17(21(28)29)19(24)25-20(27)18(16)22(30)31/h1-9H,10H2,(H,28,29)(H,30,31)(H3,24,25,27). The number of aromatic carboxylic acids is 2. The van der Waals surface area contributed by atoms with E-state index in [9.17, 15) is 29.0 Å². The van der Waals surface area contributed by atoms with Crippen LogP contribution in [0.25, 0.3) is 22.0 Å². The van der Waals surface area contributed by atoms with Crippen molar-refractivity contribution in [2.24, 2.45) is 0 Å². The third-order valence-electron chi connectivity index (χ3n) is 5.00. The van der Waals surface area contributed by atoms with E-state index in [2.05, 4.69) is 4.98 Å². The van der Waals surface area contributed by atoms with Crippen LogP contribution in [-0.4, -0.2) is 31.7 Å². The number of H-pyrrole nitrogens is 1. The van der Waals surface area contributed by atoms with Crippen LogP contribution in [0.2, 0.25) is 0 Å². The maximum absolute atomic E-state index is 13.2. The topological polar surface area (TPSA) is 138 Å². The van der Waals surface area contributed by atoms with Gasteiger partial charge in [-0.25, -0.2) is 14.0 Å². The van der Waals surface area contributed by atoms with Crippen LogP contribution in [0, 0.1) is 5.82 Å². The molecule has 0 aliphatic rings. The lowest BCUT2D eigenvalue weighted by atomic mass is 9.95. The molecule has 2 heterocycles. The Morgan fingerprint density at radius 1 is 1.00 bits per heavy atom. The van der Waals surface area contributed by atoms with Crippen LogP contribution in [0.15, 0.2) is 59.5 Å². The molecule has 0 spiro atoms. The molecule has 9 heteroatoms. The molecular weight excluding hydrogens is 405 g/mol. The monoisotopic (exact) mass is 421 g/mol. The first-order valence-electron chi connectivity index (χ1n) is 9.12. The molecule has 0 aliphatic carbocycles. The van der Waals surface area contributed by atoms with Gasteiger partial charge in [-0.15, -0.1) is 0 Å². The number of halogens is 1. The van der Waals surface area contributed by atoms with Gasteiger partial charge in [0.15, 0.2) is 0 Å². The number of hydrogen-bond donors (Lipinski definition) is 4. The highest BCUT2D eigenvalue weighted by molar-refractivity contribution is 6.08. The number of rotatable bonds is 5. The number of carboxylic acid groups (broad SMARTS) is 2. The number of nitrogens with two attached hydrogens (primary N) is 1. The van der Waals surface area contributed by atoms with Crippen LogP contribution in [0.5, 0.6) is 0 Å². The van der Waals surface area contributed by atoms with E-state index in [4.69, 9.17) is 5.73 Å². The van der Waals surface area contributed by atoms with Gasteiger partial charge in [0.1, 0.15) is 22.8 Å². The summed E-state index contributed by atoms with van der Waals surface area (Å²) in [6, 6.07) is 12.7. The molecule has 2 aromatic carbocycles. The Morgan fingerprint density at radius 2 is 1.68 bits per heavy atom. The zero-order valence-corrected chi connectivity index (χ0v) is 15.9. The van der Waals surface area contributed by atoms with Crippen molar-refractivity contribution in [1.82, 2.24) is 9.55 Å². The Kier molecular flexibility index (Phi) is 4.78. The van der Waals surface area contributed by atoms with Crippen LogP contribution < -0.4 is 11.3 Å². The highest BCUT2D eigenvalue weighted by Gasteiger charge is 2.26. The molecule has 0 saturated carbocycles. The first-order valence-corrected chi connectivity index (χ1v) is 9.12. The van der Waals surface area contributed by atoms with E-state index in [0.29, 0.717) is 12.1 Å². The number of carbonyl (C=O) groups is 2. The molecule has 156 valence electrons. The zero-order chi connectivity index (χ0) is 22.3. The van der Waals surface area contributed by atoms with Gasteiger partial charge in [0, 0.05) is 23.8 Å². The third-order valence-corrected chi connectivity index (χ3v) is 5.00. The zero-order valence-electron chi connectivity index (χ0n) is 15.9. The summed E-state index contributed by atoms with van der Waals surface area (Å²) in [5.74, 6) is -3.81. The number of nitrogens with one attached hydrogen (secondary N) is 1. The van der Waals surface area contributed by atoms with Gasteiger partial charge in [0.05, 0.1) is 0 Å². The van der Waals surface area contributed by atoms with E-state index in [-0.39, 0.29) is 16.9 Å². The minimum atomic E-state index is -1.57. The number of hydrogen-bond acceptors (Lipinski definition) is 4. The molecule has 0 amide bonds. The van der Waals surface area contributed by atoms with E-state index in [0.717, 1.165) is 10.9 Å². The van der Waals surface area contributed by atoms with Gasteiger partial charge in [-0.1, -0.05) is 24.3 Å². The van der Waals surface area contributed by atoms with Crippen LogP contribution in [0.1, 0.15) is 26.3 Å². The van der Waals surface area contributed by atoms with Crippen LogP contribution in [0.3, 0.4) is 0 Å². The molecule has 31 heavy (non-hydrogen) atoms. The lowest BCUT2D eigenvalue weighted by molar-refractivity contribution is 0.0695. The van der Waals surface area contributed by atoms with Crippen molar-refractivity contribution in [3.05, 3.63) is 87.6 Å². The molecule has 5 N–H and O–H groups in total. The fourth-order valence-corrected chi connectivity index (χ4v) is 3.60. The number of aromatic amines is 1. The number of benzene rings is 2. The highest BCUT2D eigenvalue weighted by Crippen LogP contribution is 2.32. The summed E-state index contributed by atoms with van der Waals surface area (Å²) in [6.45, 7) is 0.405. The number of carboxylic acids is 2. The Balaban J connectivity index is 1.93. The smallest absolute Gasteiger partial charge is 0.342 e. The number of nitrogens with zero attached hydrogens (tertiary/aromatic N) is 1. The summed E-state index contributed by atoms with van der Waals surface area (Å²) < 4.78 is 15.0. The molecular formula is C22H16FN3O5. The summed E-state index contributed by atoms with van der Waals surface area (Å²) in [6.07, 6.45) is 1.81. The van der Waals surface area contributed by atoms with Crippen molar-refractivity contribution in [2.45, 2.75) is 6.54 Å². The summed E-state index contributed by atoms with van der Waals surface area (Å²) >= 11 is 0. The van der Waals surface area contributed by atoms with Gasteiger partial charge in [-0.2, -0.15) is 0 Å². The highest BCUT2D eigenvalue weighted by atomic mass is 19.1. The molecule has 0 saturated heterocycles. The molecule has 0 radical (unpaired) electrons. The van der Waals surface area contributed by atoms with E-state index < -0.39 is 34.4 Å². The van der Waals surface area contributed by atoms with Gasteiger partial charge in [0.2, 0.25) is 0 Å². The number of pyridine rings is 1. The molecule has 0 unspecified atom stereocenters. The van der Waals surface area contributed by atoms with Gasteiger partial charge in [-0.05, 0) is 40.8 Å². The predicted octanol–water partition coefficient (Wildman–Crippen LogP) is 3.16. The Morgan fingerprint density at radius 3 is 2.32 bits per heavy atom. The SMILES string of the molecule is Nc1[nH]c(=O)c(C(=O)O)c(-c2ccc3ccn(Cc4ccc(F)cc4)c3c2)c1C(=O)O. The normalized spacial score (nSPS) is 11.0. The van der Waals surface area contributed by atoms with Crippen molar-refractivity contribution in [3.8, 4) is 11.1 Å². The molecule has 8 nitrogen and oxygen atoms in total. The first-order chi connectivity index (χ1) is 14.8. The lowest BCUT2D eigenvalue weighted by Gasteiger charge is -2.13. The second kappa shape index (κ2) is 7.45. The summed E-state index contributed by atoms with van der Waals surface area (Å²) in [7, 11) is 0. The number of aromatic nitrogens is 2. The van der Waals surface area contributed by atoms with Gasteiger partial charge in [0.25, 0.3) is 5.56 Å². The van der Waals surface area contributed by atoms with Crippen molar-refractivity contribution in [1.29, 1.82) is 0 Å².